The van der Waals surface area contributed by atoms with Crippen LogP contribution in [0.4, 0.5) is 26.3 Å². The number of alkyl halides is 3. The summed E-state index contributed by atoms with van der Waals surface area (Å²) >= 11 is 0. The minimum atomic E-state index is -4.92. The average molecular weight is 642 g/mol. The molecule has 46 heavy (non-hydrogen) atoms. The zero-order valence-corrected chi connectivity index (χ0v) is 25.1. The van der Waals surface area contributed by atoms with Crippen LogP contribution in [0.5, 0.6) is 0 Å². The van der Waals surface area contributed by atoms with E-state index < -0.39 is 70.1 Å². The first-order chi connectivity index (χ1) is 21.5. The van der Waals surface area contributed by atoms with E-state index >= 15 is 0 Å². The summed E-state index contributed by atoms with van der Waals surface area (Å²) in [4.78, 5) is 42.9. The first kappa shape index (κ1) is 32.8. The summed E-state index contributed by atoms with van der Waals surface area (Å²) in [6.45, 7) is 4.09. The fraction of sp³-hybridized carbons (Fsp3) is 0.324. The second-order valence-corrected chi connectivity index (χ2v) is 12.4. The van der Waals surface area contributed by atoms with Gasteiger partial charge in [0.15, 0.2) is 23.0 Å². The van der Waals surface area contributed by atoms with E-state index in [9.17, 15) is 40.7 Å². The molecule has 0 saturated carbocycles. The molecule has 1 atom stereocenters. The number of fused-ring (bicyclic) bond motifs is 1. The number of benzene rings is 2. The number of aromatic nitrogens is 3. The van der Waals surface area contributed by atoms with Crippen LogP contribution in [0, 0.1) is 22.9 Å². The van der Waals surface area contributed by atoms with Crippen LogP contribution in [0.25, 0.3) is 11.1 Å². The fourth-order valence-corrected chi connectivity index (χ4v) is 6.07. The molecule has 2 heterocycles. The van der Waals surface area contributed by atoms with Gasteiger partial charge in [-0.1, -0.05) is 26.0 Å². The number of halogens is 6. The SMILES string of the molecule is CC(=O)c1cc(-c2cccnc2[C@@H](CC(=O)Cn2nc(C(F)(F)F)c3c2CC(C)(C)CC3=O)Cc2cc(F)cc(F)c2)ccc1F. The fourth-order valence-electron chi connectivity index (χ4n) is 6.07. The average Bonchev–Trinajstić information content (AvgIpc) is 3.30. The summed E-state index contributed by atoms with van der Waals surface area (Å²) in [5.41, 5.74) is -1.38. The highest BCUT2D eigenvalue weighted by Gasteiger charge is 2.45. The number of hydrogen-bond acceptors (Lipinski definition) is 5. The van der Waals surface area contributed by atoms with Crippen molar-refractivity contribution in [1.82, 2.24) is 14.8 Å². The quantitative estimate of drug-likeness (QED) is 0.138. The number of carbonyl (C=O) groups excluding carboxylic acids is 3. The van der Waals surface area contributed by atoms with E-state index in [-0.39, 0.29) is 48.2 Å². The normalized spacial score (nSPS) is 15.0. The Kier molecular flexibility index (Phi) is 8.76. The Hall–Kier alpha value is -4.61. The third-order valence-corrected chi connectivity index (χ3v) is 7.98. The second-order valence-electron chi connectivity index (χ2n) is 12.4. The van der Waals surface area contributed by atoms with Gasteiger partial charge in [-0.2, -0.15) is 18.3 Å². The highest BCUT2D eigenvalue weighted by atomic mass is 19.4. The molecule has 5 rings (SSSR count). The molecule has 0 unspecified atom stereocenters. The van der Waals surface area contributed by atoms with Crippen molar-refractivity contribution in [3.05, 3.63) is 106 Å². The largest absolute Gasteiger partial charge is 0.435 e. The monoisotopic (exact) mass is 641 g/mol. The Bertz CT molecular complexity index is 1840. The molecule has 0 fully saturated rings. The van der Waals surface area contributed by atoms with Crippen molar-refractivity contribution in [3.63, 3.8) is 0 Å². The van der Waals surface area contributed by atoms with Gasteiger partial charge in [-0.15, -0.1) is 0 Å². The van der Waals surface area contributed by atoms with Gasteiger partial charge in [-0.3, -0.25) is 24.0 Å². The molecule has 2 aromatic heterocycles. The summed E-state index contributed by atoms with van der Waals surface area (Å²) in [6, 6.07) is 10.00. The van der Waals surface area contributed by atoms with Gasteiger partial charge in [0.25, 0.3) is 0 Å². The standard InChI is InChI=1S/C34H29F6N3O3/c1-18(44)26-13-20(6-7-27(26)37)25-5-4-8-41-31(25)21(9-19-10-22(35)14-23(36)11-19)12-24(45)17-43-28-15-33(2,3)16-29(46)30(28)32(42-43)34(38,39)40/h4-8,10-11,13-14,21H,9,12,15-17H2,1-3H3/t21-/m1/s1. The van der Waals surface area contributed by atoms with E-state index in [0.717, 1.165) is 22.9 Å². The van der Waals surface area contributed by atoms with Crippen LogP contribution in [0.2, 0.25) is 0 Å². The lowest BCUT2D eigenvalue weighted by Crippen LogP contribution is -2.29. The maximum atomic E-state index is 14.4. The summed E-state index contributed by atoms with van der Waals surface area (Å²) in [7, 11) is 0. The molecule has 12 heteroatoms. The van der Waals surface area contributed by atoms with Gasteiger partial charge >= 0.3 is 6.18 Å². The molecule has 240 valence electrons. The number of pyridine rings is 1. The molecule has 0 radical (unpaired) electrons. The minimum Gasteiger partial charge on any atom is -0.298 e. The van der Waals surface area contributed by atoms with Crippen LogP contribution >= 0.6 is 0 Å². The molecule has 1 aliphatic carbocycles. The van der Waals surface area contributed by atoms with Crippen molar-refractivity contribution in [2.45, 2.75) is 65.1 Å². The molecule has 1 aliphatic rings. The van der Waals surface area contributed by atoms with E-state index in [1.165, 1.54) is 25.3 Å². The molecular formula is C34H29F6N3O3. The Morgan fingerprint density at radius 2 is 1.70 bits per heavy atom. The van der Waals surface area contributed by atoms with E-state index in [2.05, 4.69) is 10.1 Å². The van der Waals surface area contributed by atoms with Gasteiger partial charge in [0.2, 0.25) is 0 Å². The van der Waals surface area contributed by atoms with Crippen LogP contribution in [0.3, 0.4) is 0 Å². The van der Waals surface area contributed by atoms with Gasteiger partial charge < -0.3 is 0 Å². The zero-order chi connectivity index (χ0) is 33.6. The van der Waals surface area contributed by atoms with Gasteiger partial charge in [0.05, 0.1) is 29.1 Å². The van der Waals surface area contributed by atoms with Crippen molar-refractivity contribution >= 4 is 17.3 Å². The molecule has 0 amide bonds. The third kappa shape index (κ3) is 6.95. The summed E-state index contributed by atoms with van der Waals surface area (Å²) < 4.78 is 85.4. The number of ketones is 3. The molecule has 0 aliphatic heterocycles. The van der Waals surface area contributed by atoms with E-state index in [4.69, 9.17) is 0 Å². The number of nitrogens with zero attached hydrogens (tertiary/aromatic N) is 3. The van der Waals surface area contributed by atoms with E-state index in [1.807, 2.05) is 0 Å². The van der Waals surface area contributed by atoms with Gasteiger partial charge in [-0.05, 0) is 66.6 Å². The van der Waals surface area contributed by atoms with Gasteiger partial charge in [-0.25, -0.2) is 13.2 Å². The molecule has 2 aromatic carbocycles. The Balaban J connectivity index is 1.55. The predicted octanol–water partition coefficient (Wildman–Crippen LogP) is 7.72. The lowest BCUT2D eigenvalue weighted by molar-refractivity contribution is -0.142. The molecular weight excluding hydrogens is 612 g/mol. The highest BCUT2D eigenvalue weighted by Crippen LogP contribution is 2.41. The van der Waals surface area contributed by atoms with Crippen LogP contribution < -0.4 is 0 Å². The number of hydrogen-bond donors (Lipinski definition) is 0. The van der Waals surface area contributed by atoms with Crippen LogP contribution in [-0.4, -0.2) is 32.1 Å². The maximum Gasteiger partial charge on any atom is 0.435 e. The lowest BCUT2D eigenvalue weighted by atomic mass is 9.75. The topological polar surface area (TPSA) is 81.9 Å². The highest BCUT2D eigenvalue weighted by molar-refractivity contribution is 6.00. The lowest BCUT2D eigenvalue weighted by Gasteiger charge is -2.29. The first-order valence-electron chi connectivity index (χ1n) is 14.4. The number of carbonyl (C=O) groups is 3. The van der Waals surface area contributed by atoms with Crippen LogP contribution in [0.1, 0.15) is 82.9 Å². The second kappa shape index (κ2) is 12.3. The smallest absolute Gasteiger partial charge is 0.298 e. The molecule has 4 aromatic rings. The molecule has 6 nitrogen and oxygen atoms in total. The van der Waals surface area contributed by atoms with Crippen molar-refractivity contribution in [2.24, 2.45) is 5.41 Å². The third-order valence-electron chi connectivity index (χ3n) is 7.98. The van der Waals surface area contributed by atoms with Crippen molar-refractivity contribution in [3.8, 4) is 11.1 Å². The van der Waals surface area contributed by atoms with Gasteiger partial charge in [0, 0.05) is 36.6 Å². The van der Waals surface area contributed by atoms with Crippen molar-refractivity contribution in [1.29, 1.82) is 0 Å². The predicted molar refractivity (Wildman–Crippen MR) is 156 cm³/mol. The van der Waals surface area contributed by atoms with Gasteiger partial charge in [0.1, 0.15) is 17.5 Å². The van der Waals surface area contributed by atoms with Crippen molar-refractivity contribution < 1.29 is 40.7 Å². The Morgan fingerprint density at radius 1 is 1.00 bits per heavy atom. The summed E-state index contributed by atoms with van der Waals surface area (Å²) in [5, 5.41) is 3.67. The molecule has 0 spiro atoms. The molecule has 0 bridgehead atoms. The summed E-state index contributed by atoms with van der Waals surface area (Å²) in [5.74, 6) is -5.08. The Labute approximate surface area is 260 Å². The van der Waals surface area contributed by atoms with Crippen LogP contribution in [0.15, 0.2) is 54.7 Å². The minimum absolute atomic E-state index is 0.0206. The summed E-state index contributed by atoms with van der Waals surface area (Å²) in [6.07, 6.45) is -3.94. The number of Topliss-reactive ketones (excluding diaryl/α,β-unsaturated/α-hetero) is 3. The van der Waals surface area contributed by atoms with Crippen LogP contribution in [-0.2, 0) is 30.4 Å². The van der Waals surface area contributed by atoms with E-state index in [0.29, 0.717) is 17.2 Å². The molecule has 0 saturated heterocycles. The molecule has 0 N–H and O–H groups in total. The van der Waals surface area contributed by atoms with E-state index in [1.54, 1.807) is 26.0 Å². The number of rotatable bonds is 9. The first-order valence-corrected chi connectivity index (χ1v) is 14.4. The van der Waals surface area contributed by atoms with Crippen molar-refractivity contribution in [2.75, 3.05) is 0 Å². The zero-order valence-electron chi connectivity index (χ0n) is 25.1. The maximum absolute atomic E-state index is 14.4. The Morgan fingerprint density at radius 3 is 2.35 bits per heavy atom.